The SMILES string of the molecule is CSCc1cc2c(N)cccc2n1C. The van der Waals surface area contributed by atoms with Gasteiger partial charge in [0.1, 0.15) is 0 Å². The summed E-state index contributed by atoms with van der Waals surface area (Å²) in [5.74, 6) is 1.03. The molecule has 74 valence electrons. The highest BCUT2D eigenvalue weighted by Crippen LogP contribution is 2.25. The zero-order chi connectivity index (χ0) is 10.1. The number of benzene rings is 1. The summed E-state index contributed by atoms with van der Waals surface area (Å²) in [6.45, 7) is 0. The van der Waals surface area contributed by atoms with Crippen LogP contribution in [0.1, 0.15) is 5.69 Å². The lowest BCUT2D eigenvalue weighted by Crippen LogP contribution is -1.93. The Bertz CT molecular complexity index is 460. The summed E-state index contributed by atoms with van der Waals surface area (Å²) in [5, 5.41) is 1.17. The van der Waals surface area contributed by atoms with E-state index >= 15 is 0 Å². The van der Waals surface area contributed by atoms with Crippen LogP contribution in [0.4, 0.5) is 5.69 Å². The highest BCUT2D eigenvalue weighted by atomic mass is 32.2. The summed E-state index contributed by atoms with van der Waals surface area (Å²) in [4.78, 5) is 0. The predicted molar refractivity (Wildman–Crippen MR) is 64.6 cm³/mol. The minimum Gasteiger partial charge on any atom is -0.398 e. The molecule has 0 aliphatic carbocycles. The van der Waals surface area contributed by atoms with Gasteiger partial charge in [0.15, 0.2) is 0 Å². The van der Waals surface area contributed by atoms with Crippen LogP contribution in [0, 0.1) is 0 Å². The van der Waals surface area contributed by atoms with E-state index < -0.39 is 0 Å². The molecule has 2 aromatic rings. The van der Waals surface area contributed by atoms with Crippen molar-refractivity contribution >= 4 is 28.4 Å². The van der Waals surface area contributed by atoms with Crippen molar-refractivity contribution in [3.8, 4) is 0 Å². The van der Waals surface area contributed by atoms with Gasteiger partial charge in [0, 0.05) is 29.6 Å². The molecule has 1 aromatic heterocycles. The van der Waals surface area contributed by atoms with Crippen molar-refractivity contribution < 1.29 is 0 Å². The fourth-order valence-corrected chi connectivity index (χ4v) is 2.30. The molecule has 0 radical (unpaired) electrons. The van der Waals surface area contributed by atoms with E-state index in [-0.39, 0.29) is 0 Å². The van der Waals surface area contributed by atoms with Crippen molar-refractivity contribution in [2.45, 2.75) is 5.75 Å². The molecule has 1 aromatic carbocycles. The minimum absolute atomic E-state index is 0.866. The van der Waals surface area contributed by atoms with Gasteiger partial charge in [-0.15, -0.1) is 0 Å². The Morgan fingerprint density at radius 2 is 2.21 bits per heavy atom. The first-order valence-electron chi connectivity index (χ1n) is 4.55. The molecule has 1 heterocycles. The molecular formula is C11H14N2S. The van der Waals surface area contributed by atoms with Crippen molar-refractivity contribution in [3.63, 3.8) is 0 Å². The van der Waals surface area contributed by atoms with Crippen LogP contribution in [0.2, 0.25) is 0 Å². The molecule has 2 nitrogen and oxygen atoms in total. The molecule has 0 aliphatic rings. The Labute approximate surface area is 88.1 Å². The predicted octanol–water partition coefficient (Wildman–Crippen LogP) is 2.62. The van der Waals surface area contributed by atoms with E-state index in [1.54, 1.807) is 0 Å². The second-order valence-electron chi connectivity index (χ2n) is 3.41. The summed E-state index contributed by atoms with van der Waals surface area (Å²) in [6, 6.07) is 8.24. The Balaban J connectivity index is 2.67. The summed E-state index contributed by atoms with van der Waals surface area (Å²) < 4.78 is 2.21. The van der Waals surface area contributed by atoms with Crippen molar-refractivity contribution in [2.75, 3.05) is 12.0 Å². The van der Waals surface area contributed by atoms with Crippen molar-refractivity contribution in [1.82, 2.24) is 4.57 Å². The molecule has 0 unspecified atom stereocenters. The van der Waals surface area contributed by atoms with Crippen LogP contribution >= 0.6 is 11.8 Å². The summed E-state index contributed by atoms with van der Waals surface area (Å²) in [7, 11) is 2.09. The molecule has 0 saturated heterocycles. The van der Waals surface area contributed by atoms with Crippen LogP contribution in [-0.2, 0) is 12.8 Å². The maximum absolute atomic E-state index is 5.91. The number of aromatic nitrogens is 1. The lowest BCUT2D eigenvalue weighted by molar-refractivity contribution is 0.910. The van der Waals surface area contributed by atoms with Crippen LogP contribution < -0.4 is 5.73 Å². The standard InChI is InChI=1S/C11H14N2S/c1-13-8(7-14-2)6-9-10(12)4-3-5-11(9)13/h3-6H,7,12H2,1-2H3. The molecule has 0 atom stereocenters. The Morgan fingerprint density at radius 1 is 1.43 bits per heavy atom. The first kappa shape index (κ1) is 9.46. The van der Waals surface area contributed by atoms with Crippen molar-refractivity contribution in [3.05, 3.63) is 30.0 Å². The normalized spacial score (nSPS) is 11.0. The van der Waals surface area contributed by atoms with E-state index in [9.17, 15) is 0 Å². The third-order valence-corrected chi connectivity index (χ3v) is 3.10. The molecule has 2 rings (SSSR count). The molecule has 0 spiro atoms. The van der Waals surface area contributed by atoms with E-state index in [1.165, 1.54) is 16.6 Å². The van der Waals surface area contributed by atoms with Gasteiger partial charge in [0.25, 0.3) is 0 Å². The smallest absolute Gasteiger partial charge is 0.0501 e. The average molecular weight is 206 g/mol. The van der Waals surface area contributed by atoms with E-state index in [1.807, 2.05) is 23.9 Å². The molecule has 3 heteroatoms. The number of nitrogen functional groups attached to an aromatic ring is 1. The molecule has 2 N–H and O–H groups in total. The van der Waals surface area contributed by atoms with Crippen LogP contribution in [0.15, 0.2) is 24.3 Å². The zero-order valence-corrected chi connectivity index (χ0v) is 9.27. The van der Waals surface area contributed by atoms with E-state index in [0.717, 1.165) is 11.4 Å². The second-order valence-corrected chi connectivity index (χ2v) is 4.27. The average Bonchev–Trinajstić information content (AvgIpc) is 2.48. The van der Waals surface area contributed by atoms with Gasteiger partial charge in [-0.05, 0) is 24.5 Å². The topological polar surface area (TPSA) is 30.9 Å². The number of nitrogens with zero attached hydrogens (tertiary/aromatic N) is 1. The quantitative estimate of drug-likeness (QED) is 0.766. The molecule has 0 fully saturated rings. The maximum Gasteiger partial charge on any atom is 0.0501 e. The van der Waals surface area contributed by atoms with Crippen LogP contribution in [0.5, 0.6) is 0 Å². The van der Waals surface area contributed by atoms with Gasteiger partial charge in [0.2, 0.25) is 0 Å². The van der Waals surface area contributed by atoms with E-state index in [4.69, 9.17) is 5.73 Å². The summed E-state index contributed by atoms with van der Waals surface area (Å²) in [6.07, 6.45) is 2.11. The lowest BCUT2D eigenvalue weighted by Gasteiger charge is -2.01. The zero-order valence-electron chi connectivity index (χ0n) is 8.45. The van der Waals surface area contributed by atoms with Gasteiger partial charge in [-0.25, -0.2) is 0 Å². The van der Waals surface area contributed by atoms with Gasteiger partial charge in [0.05, 0.1) is 5.52 Å². The molecule has 0 aliphatic heterocycles. The first-order chi connectivity index (χ1) is 6.74. The molecule has 0 saturated carbocycles. The van der Waals surface area contributed by atoms with Crippen LogP contribution in [0.3, 0.4) is 0 Å². The number of hydrogen-bond acceptors (Lipinski definition) is 2. The number of aryl methyl sites for hydroxylation is 1. The molecular weight excluding hydrogens is 192 g/mol. The highest BCUT2D eigenvalue weighted by Gasteiger charge is 2.06. The fourth-order valence-electron chi connectivity index (χ4n) is 1.72. The number of anilines is 1. The molecule has 14 heavy (non-hydrogen) atoms. The minimum atomic E-state index is 0.866. The van der Waals surface area contributed by atoms with Gasteiger partial charge < -0.3 is 10.3 Å². The largest absolute Gasteiger partial charge is 0.398 e. The van der Waals surface area contributed by atoms with Crippen molar-refractivity contribution in [1.29, 1.82) is 0 Å². The van der Waals surface area contributed by atoms with E-state index in [0.29, 0.717) is 0 Å². The number of nitrogens with two attached hydrogens (primary N) is 1. The maximum atomic E-state index is 5.91. The van der Waals surface area contributed by atoms with Gasteiger partial charge in [-0.1, -0.05) is 6.07 Å². The highest BCUT2D eigenvalue weighted by molar-refractivity contribution is 7.97. The van der Waals surface area contributed by atoms with Crippen LogP contribution in [0.25, 0.3) is 10.9 Å². The molecule has 0 bridgehead atoms. The Morgan fingerprint density at radius 3 is 2.86 bits per heavy atom. The van der Waals surface area contributed by atoms with E-state index in [2.05, 4.69) is 30.0 Å². The van der Waals surface area contributed by atoms with Gasteiger partial charge in [-0.3, -0.25) is 0 Å². The molecule has 0 amide bonds. The summed E-state index contributed by atoms with van der Waals surface area (Å²) in [5.41, 5.74) is 9.32. The summed E-state index contributed by atoms with van der Waals surface area (Å²) >= 11 is 1.83. The number of hydrogen-bond donors (Lipinski definition) is 1. The number of thioether (sulfide) groups is 1. The monoisotopic (exact) mass is 206 g/mol. The second kappa shape index (κ2) is 3.58. The van der Waals surface area contributed by atoms with Crippen LogP contribution in [-0.4, -0.2) is 10.8 Å². The number of rotatable bonds is 2. The fraction of sp³-hybridized carbons (Fsp3) is 0.273. The van der Waals surface area contributed by atoms with Gasteiger partial charge >= 0.3 is 0 Å². The third kappa shape index (κ3) is 1.38. The van der Waals surface area contributed by atoms with Crippen molar-refractivity contribution in [2.24, 2.45) is 7.05 Å². The van der Waals surface area contributed by atoms with Gasteiger partial charge in [-0.2, -0.15) is 11.8 Å². The Kier molecular flexibility index (Phi) is 2.42. The lowest BCUT2D eigenvalue weighted by atomic mass is 10.2. The number of fused-ring (bicyclic) bond motifs is 1. The Hall–Kier alpha value is -1.09. The first-order valence-corrected chi connectivity index (χ1v) is 5.95. The third-order valence-electron chi connectivity index (χ3n) is 2.51.